The summed E-state index contributed by atoms with van der Waals surface area (Å²) >= 11 is 6.29. The lowest BCUT2D eigenvalue weighted by atomic mass is 10.1. The molecule has 13 nitrogen and oxygen atoms in total. The Hall–Kier alpha value is -3.71. The highest BCUT2D eigenvalue weighted by atomic mass is 35.5. The van der Waals surface area contributed by atoms with Crippen molar-refractivity contribution in [1.29, 1.82) is 0 Å². The van der Waals surface area contributed by atoms with Gasteiger partial charge in [-0.3, -0.25) is 4.57 Å². The summed E-state index contributed by atoms with van der Waals surface area (Å²) in [5, 5.41) is 28.9. The summed E-state index contributed by atoms with van der Waals surface area (Å²) < 4.78 is 38.2. The Balaban J connectivity index is 1.10. The fourth-order valence-electron chi connectivity index (χ4n) is 5.81. The molecule has 2 aromatic carbocycles. The van der Waals surface area contributed by atoms with Gasteiger partial charge in [0.25, 0.3) is 0 Å². The summed E-state index contributed by atoms with van der Waals surface area (Å²) in [6.07, 6.45) is 1.59. The fraction of sp³-hybridized carbons (Fsp3) is 0.406. The average Bonchev–Trinajstić information content (AvgIpc) is 3.77. The summed E-state index contributed by atoms with van der Waals surface area (Å²) in [6, 6.07) is 16.3. The van der Waals surface area contributed by atoms with Crippen LogP contribution in [0.15, 0.2) is 66.9 Å². The van der Waals surface area contributed by atoms with Crippen LogP contribution in [0.4, 0.5) is 5.82 Å². The van der Waals surface area contributed by atoms with Crippen LogP contribution in [-0.4, -0.2) is 74.4 Å². The number of ether oxygens (including phenoxy) is 3. The molecule has 1 saturated heterocycles. The summed E-state index contributed by atoms with van der Waals surface area (Å²) in [4.78, 5) is 21.3. The van der Waals surface area contributed by atoms with E-state index in [1.807, 2.05) is 6.07 Å². The minimum Gasteiger partial charge on any atom is -0.487 e. The maximum Gasteiger partial charge on any atom is 0.328 e. The Morgan fingerprint density at radius 1 is 1.06 bits per heavy atom. The number of fused-ring (bicyclic) bond motifs is 1. The van der Waals surface area contributed by atoms with Gasteiger partial charge in [-0.2, -0.15) is 4.98 Å². The van der Waals surface area contributed by atoms with E-state index in [-0.39, 0.29) is 23.4 Å². The summed E-state index contributed by atoms with van der Waals surface area (Å²) in [6.45, 7) is 2.70. The van der Waals surface area contributed by atoms with Gasteiger partial charge in [-0.05, 0) is 61.7 Å². The Morgan fingerprint density at radius 3 is 2.51 bits per heavy atom. The molecule has 15 heteroatoms. The van der Waals surface area contributed by atoms with Crippen molar-refractivity contribution >= 4 is 41.9 Å². The fourth-order valence-corrected chi connectivity index (χ4v) is 7.36. The zero-order valence-corrected chi connectivity index (χ0v) is 27.5. The highest BCUT2D eigenvalue weighted by Gasteiger charge is 2.45. The quantitative estimate of drug-likeness (QED) is 0.0689. The normalized spacial score (nSPS) is 23.3. The molecule has 250 valence electrons. The van der Waals surface area contributed by atoms with E-state index < -0.39 is 44.1 Å². The highest BCUT2D eigenvalue weighted by molar-refractivity contribution is 7.56. The standard InChI is InChI=1S/C32H37ClN5O8P/c1-19(31(41)44-21-12-4-3-5-13-21)37-47(2,42)46-24-15-9-8-14-23(24)43-18-25-26(39)27(40)30(45-25)38-17-16-22-28(34-20-10-6-7-11-20)35-32(33)36-29(22)38/h3-5,8-9,12-17,19-20,25-27,30,39-40H,6-7,10-11,18H2,1-2H3,(H,37,42)(H,34,35,36)/t19-,25+,26+,27+,30+,47?/m0/s1. The van der Waals surface area contributed by atoms with Gasteiger partial charge in [0.05, 0.1) is 5.39 Å². The number of aliphatic hydroxyl groups is 2. The molecular weight excluding hydrogens is 649 g/mol. The topological polar surface area (TPSA) is 166 Å². The van der Waals surface area contributed by atoms with Gasteiger partial charge in [0.15, 0.2) is 17.7 Å². The van der Waals surface area contributed by atoms with Crippen molar-refractivity contribution in [3.8, 4) is 17.2 Å². The Kier molecular flexibility index (Phi) is 10.0. The predicted octanol–water partition coefficient (Wildman–Crippen LogP) is 4.92. The van der Waals surface area contributed by atoms with Crippen LogP contribution in [0.1, 0.15) is 38.8 Å². The zero-order valence-electron chi connectivity index (χ0n) is 25.9. The summed E-state index contributed by atoms with van der Waals surface area (Å²) in [7, 11) is -3.59. The van der Waals surface area contributed by atoms with Crippen LogP contribution in [0.5, 0.6) is 17.2 Å². The third-order valence-corrected chi connectivity index (χ3v) is 9.69. The van der Waals surface area contributed by atoms with E-state index >= 15 is 0 Å². The van der Waals surface area contributed by atoms with E-state index in [1.165, 1.54) is 13.6 Å². The van der Waals surface area contributed by atoms with Gasteiger partial charge < -0.3 is 38.8 Å². The van der Waals surface area contributed by atoms with Crippen molar-refractivity contribution in [3.63, 3.8) is 0 Å². The van der Waals surface area contributed by atoms with E-state index in [9.17, 15) is 19.6 Å². The van der Waals surface area contributed by atoms with Gasteiger partial charge >= 0.3 is 13.5 Å². The number of carbonyl (C=O) groups is 1. The smallest absolute Gasteiger partial charge is 0.328 e. The van der Waals surface area contributed by atoms with Gasteiger partial charge in [0.2, 0.25) is 5.28 Å². The van der Waals surface area contributed by atoms with Crippen molar-refractivity contribution < 1.29 is 38.3 Å². The van der Waals surface area contributed by atoms with Crippen LogP contribution in [0.25, 0.3) is 11.0 Å². The van der Waals surface area contributed by atoms with Crippen LogP contribution in [0.3, 0.4) is 0 Å². The molecule has 1 aliphatic heterocycles. The maximum atomic E-state index is 13.4. The van der Waals surface area contributed by atoms with Crippen molar-refractivity contribution in [2.45, 2.75) is 69.2 Å². The Labute approximate surface area is 276 Å². The minimum absolute atomic E-state index is 0.0488. The first kappa shape index (κ1) is 33.2. The molecule has 1 aliphatic carbocycles. The lowest BCUT2D eigenvalue weighted by Crippen LogP contribution is -2.36. The molecule has 4 aromatic rings. The number of anilines is 1. The molecule has 3 heterocycles. The molecular formula is C32H37ClN5O8P. The van der Waals surface area contributed by atoms with E-state index in [1.54, 1.807) is 65.4 Å². The van der Waals surface area contributed by atoms with Crippen LogP contribution in [-0.2, 0) is 14.1 Å². The molecule has 2 fully saturated rings. The number of aliphatic hydroxyl groups excluding tert-OH is 2. The van der Waals surface area contributed by atoms with E-state index in [0.717, 1.165) is 31.1 Å². The molecule has 0 radical (unpaired) electrons. The minimum atomic E-state index is -3.59. The van der Waals surface area contributed by atoms with Crippen LogP contribution < -0.4 is 24.4 Å². The number of benzene rings is 2. The van der Waals surface area contributed by atoms with Gasteiger partial charge in [0, 0.05) is 18.9 Å². The monoisotopic (exact) mass is 685 g/mol. The van der Waals surface area contributed by atoms with Crippen molar-refractivity contribution in [2.24, 2.45) is 0 Å². The molecule has 0 spiro atoms. The highest BCUT2D eigenvalue weighted by Crippen LogP contribution is 2.43. The van der Waals surface area contributed by atoms with Crippen LogP contribution >= 0.6 is 19.1 Å². The first-order valence-corrected chi connectivity index (χ1v) is 17.9. The second-order valence-corrected chi connectivity index (χ2v) is 14.2. The predicted molar refractivity (Wildman–Crippen MR) is 175 cm³/mol. The van der Waals surface area contributed by atoms with Gasteiger partial charge in [-0.1, -0.05) is 43.2 Å². The molecule has 1 saturated carbocycles. The molecule has 0 amide bonds. The first-order chi connectivity index (χ1) is 22.6. The van der Waals surface area contributed by atoms with E-state index in [2.05, 4.69) is 20.4 Å². The second kappa shape index (κ2) is 14.2. The number of hydrogen-bond donors (Lipinski definition) is 4. The molecule has 6 rings (SSSR count). The third-order valence-electron chi connectivity index (χ3n) is 8.12. The lowest BCUT2D eigenvalue weighted by Gasteiger charge is -2.22. The second-order valence-electron chi connectivity index (χ2n) is 11.8. The number of nitrogens with zero attached hydrogens (tertiary/aromatic N) is 3. The van der Waals surface area contributed by atoms with Gasteiger partial charge in [-0.15, -0.1) is 0 Å². The van der Waals surface area contributed by atoms with Crippen molar-refractivity contribution in [2.75, 3.05) is 18.6 Å². The third kappa shape index (κ3) is 7.72. The molecule has 2 aromatic heterocycles. The summed E-state index contributed by atoms with van der Waals surface area (Å²) in [5.74, 6) is 0.712. The number of aromatic nitrogens is 3. The van der Waals surface area contributed by atoms with Crippen molar-refractivity contribution in [1.82, 2.24) is 19.6 Å². The van der Waals surface area contributed by atoms with Gasteiger partial charge in [-0.25, -0.2) is 14.9 Å². The van der Waals surface area contributed by atoms with Crippen LogP contribution in [0.2, 0.25) is 5.28 Å². The summed E-state index contributed by atoms with van der Waals surface area (Å²) in [5.41, 5.74) is 0.454. The lowest BCUT2D eigenvalue weighted by molar-refractivity contribution is -0.135. The molecule has 0 bridgehead atoms. The molecule has 2 aliphatic rings. The number of halogens is 1. The zero-order chi connectivity index (χ0) is 33.1. The molecule has 6 atom stereocenters. The van der Waals surface area contributed by atoms with Gasteiger partial charge in [0.1, 0.15) is 48.2 Å². The number of hydrogen-bond acceptors (Lipinski definition) is 11. The first-order valence-electron chi connectivity index (χ1n) is 15.4. The van der Waals surface area contributed by atoms with E-state index in [4.69, 9.17) is 30.3 Å². The average molecular weight is 686 g/mol. The number of carbonyl (C=O) groups excluding carboxylic acids is 1. The number of para-hydroxylation sites is 3. The van der Waals surface area contributed by atoms with Crippen molar-refractivity contribution in [3.05, 3.63) is 72.1 Å². The largest absolute Gasteiger partial charge is 0.487 e. The Bertz CT molecular complexity index is 1750. The van der Waals surface area contributed by atoms with Crippen LogP contribution in [0, 0.1) is 0 Å². The number of nitrogens with one attached hydrogen (secondary N) is 2. The maximum absolute atomic E-state index is 13.4. The molecule has 1 unspecified atom stereocenters. The number of rotatable bonds is 12. The molecule has 4 N–H and O–H groups in total. The SMILES string of the molecule is C[C@H](NP(C)(=O)Oc1ccccc1OC[C@H]1O[C@@H](n2ccc3c(NC4CCCC4)nc(Cl)nc32)[C@H](O)[C@@H]1O)C(=O)Oc1ccccc1. The molecule has 47 heavy (non-hydrogen) atoms. The van der Waals surface area contributed by atoms with E-state index in [0.29, 0.717) is 23.3 Å². The Morgan fingerprint density at radius 2 is 1.77 bits per heavy atom. The number of esters is 1.